The number of ether oxygens (including phenoxy) is 5. The molecule has 3 rings (SSSR count). The molecule has 0 radical (unpaired) electrons. The number of esters is 4. The Bertz CT molecular complexity index is 1330. The van der Waals surface area contributed by atoms with Crippen molar-refractivity contribution in [3.8, 4) is 0 Å². The highest BCUT2D eigenvalue weighted by Gasteiger charge is 2.52. The van der Waals surface area contributed by atoms with E-state index in [2.05, 4.69) is 15.3 Å². The highest BCUT2D eigenvalue weighted by atomic mass is 32.2. The first-order valence-corrected chi connectivity index (χ1v) is 12.9. The highest BCUT2D eigenvalue weighted by Crippen LogP contribution is 2.36. The molecule has 1 fully saturated rings. The zero-order valence-electron chi connectivity index (χ0n) is 22.3. The van der Waals surface area contributed by atoms with Crippen molar-refractivity contribution in [1.29, 1.82) is 0 Å². The van der Waals surface area contributed by atoms with Gasteiger partial charge < -0.3 is 23.7 Å². The molecule has 1 aromatic carbocycles. The number of carbonyl (C=O) groups is 4. The molecule has 0 spiro atoms. The Morgan fingerprint density at radius 3 is 2.12 bits per heavy atom. The minimum Gasteiger partial charge on any atom is -0.463 e. The topological polar surface area (TPSA) is 175 Å². The van der Waals surface area contributed by atoms with E-state index in [-0.39, 0.29) is 10.9 Å². The number of carbonyl (C=O) groups excluding carboxylic acids is 4. The van der Waals surface area contributed by atoms with Crippen LogP contribution in [-0.2, 0) is 42.9 Å². The summed E-state index contributed by atoms with van der Waals surface area (Å²) in [5.74, 6) is -2.92. The second kappa shape index (κ2) is 13.8. The van der Waals surface area contributed by atoms with Crippen LogP contribution in [0.4, 0.5) is 0 Å². The van der Waals surface area contributed by atoms with Gasteiger partial charge in [0.05, 0.1) is 6.21 Å². The van der Waals surface area contributed by atoms with Gasteiger partial charge in [-0.2, -0.15) is 9.78 Å². The number of aromatic nitrogens is 3. The standard InChI is InChI=1S/C25H28N4O10S/c1-13-23(34)29(26-11-18-9-7-6-8-10-18)25(28-27-13)40-24-22(38-17(5)33)21(37-16(4)32)20(36-15(3)31)19(39-24)12-35-14(2)30/h6-11,19-22,24H,12H2,1-5H3/b26-11+/t19-,20-,21+,22-,24+/m1/s1. The van der Waals surface area contributed by atoms with Crippen LogP contribution in [0.25, 0.3) is 0 Å². The average Bonchev–Trinajstić information content (AvgIpc) is 2.88. The van der Waals surface area contributed by atoms with Crippen molar-refractivity contribution in [2.24, 2.45) is 5.10 Å². The third kappa shape index (κ3) is 8.19. The number of nitrogens with zero attached hydrogens (tertiary/aromatic N) is 4. The number of thioether (sulfide) groups is 1. The van der Waals surface area contributed by atoms with E-state index in [1.807, 2.05) is 6.07 Å². The number of benzene rings is 1. The third-order valence-electron chi connectivity index (χ3n) is 5.26. The molecule has 0 unspecified atom stereocenters. The smallest absolute Gasteiger partial charge is 0.303 e. The highest BCUT2D eigenvalue weighted by molar-refractivity contribution is 7.99. The monoisotopic (exact) mass is 576 g/mol. The van der Waals surface area contributed by atoms with E-state index in [0.717, 1.165) is 37.2 Å². The van der Waals surface area contributed by atoms with Crippen molar-refractivity contribution < 1.29 is 42.9 Å². The maximum atomic E-state index is 13.0. The van der Waals surface area contributed by atoms with Crippen LogP contribution in [0.1, 0.15) is 39.0 Å². The van der Waals surface area contributed by atoms with E-state index in [4.69, 9.17) is 23.7 Å². The largest absolute Gasteiger partial charge is 0.463 e. The van der Waals surface area contributed by atoms with E-state index in [9.17, 15) is 24.0 Å². The van der Waals surface area contributed by atoms with Crippen LogP contribution < -0.4 is 5.56 Å². The van der Waals surface area contributed by atoms with Crippen molar-refractivity contribution >= 4 is 41.9 Å². The quantitative estimate of drug-likeness (QED) is 0.235. The van der Waals surface area contributed by atoms with E-state index in [1.54, 1.807) is 24.3 Å². The van der Waals surface area contributed by atoms with Crippen LogP contribution in [-0.4, -0.2) is 81.4 Å². The second-order valence-electron chi connectivity index (χ2n) is 8.53. The summed E-state index contributed by atoms with van der Waals surface area (Å²) in [5, 5.41) is 12.2. The summed E-state index contributed by atoms with van der Waals surface area (Å²) >= 11 is 0.793. The summed E-state index contributed by atoms with van der Waals surface area (Å²) in [7, 11) is 0. The van der Waals surface area contributed by atoms with Gasteiger partial charge in [-0.1, -0.05) is 30.3 Å². The van der Waals surface area contributed by atoms with Crippen LogP contribution in [0.5, 0.6) is 0 Å². The molecule has 2 aromatic rings. The number of aryl methyl sites for hydroxylation is 1. The fourth-order valence-corrected chi connectivity index (χ4v) is 4.74. The van der Waals surface area contributed by atoms with Gasteiger partial charge in [0.2, 0.25) is 5.16 Å². The molecule has 1 aliphatic rings. The van der Waals surface area contributed by atoms with Gasteiger partial charge in [0.25, 0.3) is 5.56 Å². The maximum Gasteiger partial charge on any atom is 0.303 e. The molecule has 14 nitrogen and oxygen atoms in total. The molecule has 2 heterocycles. The first-order valence-electron chi connectivity index (χ1n) is 12.0. The van der Waals surface area contributed by atoms with Crippen molar-refractivity contribution in [2.45, 2.75) is 69.6 Å². The SMILES string of the molecule is CC(=O)OC[C@H]1O[C@@H](Sc2nnc(C)c(=O)n2/N=C/c2ccccc2)[C@H](OC(C)=O)[C@@H](OC(C)=O)[C@@H]1OC(C)=O. The van der Waals surface area contributed by atoms with Crippen LogP contribution in [0.2, 0.25) is 0 Å². The van der Waals surface area contributed by atoms with Crippen LogP contribution in [0.3, 0.4) is 0 Å². The zero-order chi connectivity index (χ0) is 29.4. The molecule has 1 saturated heterocycles. The number of hydrogen-bond donors (Lipinski definition) is 0. The second-order valence-corrected chi connectivity index (χ2v) is 9.59. The third-order valence-corrected chi connectivity index (χ3v) is 6.34. The molecule has 15 heteroatoms. The molecule has 214 valence electrons. The number of rotatable bonds is 9. The fourth-order valence-electron chi connectivity index (χ4n) is 3.67. The molecule has 1 aliphatic heterocycles. The van der Waals surface area contributed by atoms with Gasteiger partial charge in [-0.05, 0) is 24.2 Å². The molecule has 5 atom stereocenters. The van der Waals surface area contributed by atoms with Gasteiger partial charge in [0.15, 0.2) is 23.7 Å². The molecular formula is C25H28N4O10S. The van der Waals surface area contributed by atoms with E-state index in [0.29, 0.717) is 5.56 Å². The first-order chi connectivity index (χ1) is 19.0. The van der Waals surface area contributed by atoms with Gasteiger partial charge in [-0.3, -0.25) is 24.0 Å². The van der Waals surface area contributed by atoms with Gasteiger partial charge >= 0.3 is 23.9 Å². The molecule has 40 heavy (non-hydrogen) atoms. The predicted molar refractivity (Wildman–Crippen MR) is 138 cm³/mol. The van der Waals surface area contributed by atoms with Gasteiger partial charge in [0.1, 0.15) is 18.4 Å². The molecule has 1 aromatic heterocycles. The maximum absolute atomic E-state index is 13.0. The molecule has 0 saturated carbocycles. The lowest BCUT2D eigenvalue weighted by Crippen LogP contribution is -2.61. The van der Waals surface area contributed by atoms with Gasteiger partial charge in [0, 0.05) is 27.7 Å². The molecule has 0 amide bonds. The minimum atomic E-state index is -1.37. The Balaban J connectivity index is 2.07. The van der Waals surface area contributed by atoms with E-state index < -0.39 is 65.9 Å². The van der Waals surface area contributed by atoms with Crippen LogP contribution >= 0.6 is 11.8 Å². The summed E-state index contributed by atoms with van der Waals surface area (Å²) in [6.45, 7) is 5.62. The summed E-state index contributed by atoms with van der Waals surface area (Å²) in [6, 6.07) is 8.98. The van der Waals surface area contributed by atoms with Crippen LogP contribution in [0.15, 0.2) is 45.4 Å². The van der Waals surface area contributed by atoms with Crippen molar-refractivity contribution in [3.05, 3.63) is 51.9 Å². The summed E-state index contributed by atoms with van der Waals surface area (Å²) in [5.41, 5.74) is -1.02. The molecule has 0 aliphatic carbocycles. The summed E-state index contributed by atoms with van der Waals surface area (Å²) < 4.78 is 28.4. The Hall–Kier alpha value is -4.11. The Labute approximate surface area is 233 Å². The lowest BCUT2D eigenvalue weighted by atomic mass is 9.99. The number of hydrogen-bond acceptors (Lipinski definition) is 14. The summed E-state index contributed by atoms with van der Waals surface area (Å²) in [6.07, 6.45) is -3.76. The Morgan fingerprint density at radius 2 is 1.52 bits per heavy atom. The fraction of sp³-hybridized carbons (Fsp3) is 0.440. The Kier molecular flexibility index (Phi) is 10.5. The lowest BCUT2D eigenvalue weighted by molar-refractivity contribution is -0.237. The summed E-state index contributed by atoms with van der Waals surface area (Å²) in [4.78, 5) is 60.5. The van der Waals surface area contributed by atoms with Gasteiger partial charge in [-0.15, -0.1) is 10.2 Å². The van der Waals surface area contributed by atoms with E-state index >= 15 is 0 Å². The van der Waals surface area contributed by atoms with Crippen molar-refractivity contribution in [3.63, 3.8) is 0 Å². The predicted octanol–water partition coefficient (Wildman–Crippen LogP) is 1.00. The lowest BCUT2D eigenvalue weighted by Gasteiger charge is -2.43. The van der Waals surface area contributed by atoms with Crippen molar-refractivity contribution in [1.82, 2.24) is 14.9 Å². The Morgan fingerprint density at radius 1 is 0.925 bits per heavy atom. The minimum absolute atomic E-state index is 0.0521. The first kappa shape index (κ1) is 30.4. The van der Waals surface area contributed by atoms with Gasteiger partial charge in [-0.25, -0.2) is 0 Å². The van der Waals surface area contributed by atoms with Crippen molar-refractivity contribution in [2.75, 3.05) is 6.61 Å². The molecule has 0 bridgehead atoms. The van der Waals surface area contributed by atoms with E-state index in [1.165, 1.54) is 20.1 Å². The molecular weight excluding hydrogens is 548 g/mol. The normalized spacial score (nSPS) is 22.4. The average molecular weight is 577 g/mol. The zero-order valence-corrected chi connectivity index (χ0v) is 23.2. The molecule has 0 N–H and O–H groups in total. The van der Waals surface area contributed by atoms with Crippen LogP contribution in [0, 0.1) is 6.92 Å².